The molecule has 0 fully saturated rings. The maximum absolute atomic E-state index is 4.14. The molecule has 2 heterocycles. The lowest BCUT2D eigenvalue weighted by Crippen LogP contribution is -2.27. The van der Waals surface area contributed by atoms with Gasteiger partial charge in [0.25, 0.3) is 0 Å². The Morgan fingerprint density at radius 1 is 1.35 bits per heavy atom. The van der Waals surface area contributed by atoms with Crippen LogP contribution in [-0.4, -0.2) is 18.1 Å². The van der Waals surface area contributed by atoms with Crippen molar-refractivity contribution in [1.82, 2.24) is 10.3 Å². The highest BCUT2D eigenvalue weighted by atomic mass is 32.1. The number of nitrogens with zero attached hydrogens (tertiary/aromatic N) is 2. The van der Waals surface area contributed by atoms with Crippen molar-refractivity contribution in [3.8, 4) is 0 Å². The predicted molar refractivity (Wildman–Crippen MR) is 71.3 cm³/mol. The molecule has 0 spiro atoms. The minimum atomic E-state index is 0.962. The molecule has 1 aromatic carbocycles. The van der Waals surface area contributed by atoms with Gasteiger partial charge < -0.3 is 10.2 Å². The van der Waals surface area contributed by atoms with Crippen LogP contribution in [0.2, 0.25) is 0 Å². The van der Waals surface area contributed by atoms with E-state index >= 15 is 0 Å². The van der Waals surface area contributed by atoms with Crippen molar-refractivity contribution in [1.29, 1.82) is 0 Å². The van der Waals surface area contributed by atoms with Crippen LogP contribution in [0.4, 0.5) is 5.69 Å². The van der Waals surface area contributed by atoms with E-state index in [9.17, 15) is 0 Å². The highest BCUT2D eigenvalue weighted by molar-refractivity contribution is 7.09. The Morgan fingerprint density at radius 2 is 2.29 bits per heavy atom. The number of nitrogens with one attached hydrogen (secondary N) is 1. The fraction of sp³-hybridized carbons (Fsp3) is 0.308. The maximum Gasteiger partial charge on any atom is 0.0794 e. The van der Waals surface area contributed by atoms with E-state index in [0.29, 0.717) is 0 Å². The second kappa shape index (κ2) is 4.85. The van der Waals surface area contributed by atoms with Crippen LogP contribution in [0, 0.1) is 0 Å². The molecule has 4 heteroatoms. The molecular weight excluding hydrogens is 230 g/mol. The standard InChI is InChI=1S/C13H15N3S/c1-2-4-13-11(3-1)7-14-5-6-16(13)9-12-8-15-10-17-12/h1-4,8,10,14H,5-7,9H2. The Bertz CT molecular complexity index is 481. The molecule has 0 unspecified atom stereocenters. The summed E-state index contributed by atoms with van der Waals surface area (Å²) in [6, 6.07) is 8.64. The van der Waals surface area contributed by atoms with Gasteiger partial charge in [0.2, 0.25) is 0 Å². The average Bonchev–Trinajstić information content (AvgIpc) is 2.78. The van der Waals surface area contributed by atoms with E-state index in [2.05, 4.69) is 39.5 Å². The smallest absolute Gasteiger partial charge is 0.0794 e. The van der Waals surface area contributed by atoms with Crippen LogP contribution < -0.4 is 10.2 Å². The summed E-state index contributed by atoms with van der Waals surface area (Å²) < 4.78 is 0. The minimum Gasteiger partial charge on any atom is -0.365 e. The maximum atomic E-state index is 4.14. The molecule has 3 rings (SSSR count). The normalized spacial score (nSPS) is 15.4. The van der Waals surface area contributed by atoms with E-state index in [1.807, 2.05) is 11.7 Å². The van der Waals surface area contributed by atoms with E-state index in [1.54, 1.807) is 11.3 Å². The molecule has 2 aromatic rings. The number of fused-ring (bicyclic) bond motifs is 1. The molecule has 0 atom stereocenters. The van der Waals surface area contributed by atoms with Crippen LogP contribution in [0.1, 0.15) is 10.4 Å². The Balaban J connectivity index is 1.89. The molecule has 0 amide bonds. The summed E-state index contributed by atoms with van der Waals surface area (Å²) in [7, 11) is 0. The molecule has 0 saturated heterocycles. The number of benzene rings is 1. The third-order valence-electron chi connectivity index (χ3n) is 3.04. The third-order valence-corrected chi connectivity index (χ3v) is 3.80. The summed E-state index contributed by atoms with van der Waals surface area (Å²) >= 11 is 1.72. The largest absolute Gasteiger partial charge is 0.365 e. The van der Waals surface area contributed by atoms with Gasteiger partial charge in [-0.25, -0.2) is 0 Å². The molecule has 1 aromatic heterocycles. The molecule has 3 nitrogen and oxygen atoms in total. The first-order valence-electron chi connectivity index (χ1n) is 5.84. The highest BCUT2D eigenvalue weighted by Gasteiger charge is 2.14. The number of hydrogen-bond acceptors (Lipinski definition) is 4. The highest BCUT2D eigenvalue weighted by Crippen LogP contribution is 2.24. The van der Waals surface area contributed by atoms with Gasteiger partial charge in [0.1, 0.15) is 0 Å². The van der Waals surface area contributed by atoms with E-state index in [0.717, 1.165) is 26.2 Å². The van der Waals surface area contributed by atoms with Crippen molar-refractivity contribution < 1.29 is 0 Å². The van der Waals surface area contributed by atoms with Crippen LogP contribution in [0.25, 0.3) is 0 Å². The van der Waals surface area contributed by atoms with Gasteiger partial charge in [0.15, 0.2) is 0 Å². The van der Waals surface area contributed by atoms with E-state index in [4.69, 9.17) is 0 Å². The summed E-state index contributed by atoms with van der Waals surface area (Å²) in [6.07, 6.45) is 1.96. The predicted octanol–water partition coefficient (Wildman–Crippen LogP) is 2.25. The first-order chi connectivity index (χ1) is 8.43. The van der Waals surface area contributed by atoms with Gasteiger partial charge in [-0.05, 0) is 11.6 Å². The van der Waals surface area contributed by atoms with Crippen LogP contribution in [0.15, 0.2) is 36.0 Å². The lowest BCUT2D eigenvalue weighted by atomic mass is 10.1. The summed E-state index contributed by atoms with van der Waals surface area (Å²) in [5.41, 5.74) is 4.64. The third kappa shape index (κ3) is 2.33. The molecule has 0 bridgehead atoms. The zero-order valence-electron chi connectivity index (χ0n) is 9.60. The first kappa shape index (κ1) is 10.7. The number of para-hydroxylation sites is 1. The van der Waals surface area contributed by atoms with E-state index < -0.39 is 0 Å². The molecule has 17 heavy (non-hydrogen) atoms. The molecule has 1 aliphatic rings. The summed E-state index contributed by atoms with van der Waals surface area (Å²) in [5, 5.41) is 3.46. The number of aromatic nitrogens is 1. The van der Waals surface area contributed by atoms with E-state index in [1.165, 1.54) is 16.1 Å². The van der Waals surface area contributed by atoms with Crippen molar-refractivity contribution in [3.05, 3.63) is 46.4 Å². The number of anilines is 1. The Hall–Kier alpha value is -1.39. The second-order valence-corrected chi connectivity index (χ2v) is 5.17. The van der Waals surface area contributed by atoms with Gasteiger partial charge in [0.05, 0.1) is 12.1 Å². The topological polar surface area (TPSA) is 28.2 Å². The summed E-state index contributed by atoms with van der Waals surface area (Å²) in [4.78, 5) is 7.90. The molecule has 1 aliphatic heterocycles. The van der Waals surface area contributed by atoms with Crippen LogP contribution in [-0.2, 0) is 13.1 Å². The van der Waals surface area contributed by atoms with Crippen molar-refractivity contribution in [2.24, 2.45) is 0 Å². The molecule has 0 aliphatic carbocycles. The monoisotopic (exact) mass is 245 g/mol. The van der Waals surface area contributed by atoms with Gasteiger partial charge in [-0.15, -0.1) is 11.3 Å². The Kier molecular flexibility index (Phi) is 3.07. The van der Waals surface area contributed by atoms with Crippen molar-refractivity contribution in [2.75, 3.05) is 18.0 Å². The van der Waals surface area contributed by atoms with Gasteiger partial charge in [-0.2, -0.15) is 0 Å². The van der Waals surface area contributed by atoms with Crippen molar-refractivity contribution in [2.45, 2.75) is 13.1 Å². The van der Waals surface area contributed by atoms with Crippen molar-refractivity contribution >= 4 is 17.0 Å². The van der Waals surface area contributed by atoms with Gasteiger partial charge in [-0.1, -0.05) is 18.2 Å². The molecule has 88 valence electrons. The number of rotatable bonds is 2. The zero-order valence-corrected chi connectivity index (χ0v) is 10.4. The first-order valence-corrected chi connectivity index (χ1v) is 6.72. The molecule has 0 radical (unpaired) electrons. The average molecular weight is 245 g/mol. The van der Waals surface area contributed by atoms with Gasteiger partial charge in [0, 0.05) is 36.4 Å². The Labute approximate surface area is 105 Å². The quantitative estimate of drug-likeness (QED) is 0.879. The minimum absolute atomic E-state index is 0.962. The van der Waals surface area contributed by atoms with E-state index in [-0.39, 0.29) is 0 Å². The van der Waals surface area contributed by atoms with Crippen LogP contribution in [0.3, 0.4) is 0 Å². The van der Waals surface area contributed by atoms with Gasteiger partial charge in [-0.3, -0.25) is 4.98 Å². The SMILES string of the molecule is c1ccc2c(c1)CNCCN2Cc1cncs1. The lowest BCUT2D eigenvalue weighted by molar-refractivity contribution is 0.690. The van der Waals surface area contributed by atoms with Crippen LogP contribution >= 0.6 is 11.3 Å². The fourth-order valence-corrected chi connectivity index (χ4v) is 2.81. The summed E-state index contributed by atoms with van der Waals surface area (Å²) in [5.74, 6) is 0. The summed E-state index contributed by atoms with van der Waals surface area (Å²) in [6.45, 7) is 4.02. The molecule has 0 saturated carbocycles. The number of hydrogen-bond donors (Lipinski definition) is 1. The van der Waals surface area contributed by atoms with Gasteiger partial charge >= 0.3 is 0 Å². The Morgan fingerprint density at radius 3 is 3.18 bits per heavy atom. The fourth-order valence-electron chi connectivity index (χ4n) is 2.20. The molecular formula is C13H15N3S. The number of thiazole rings is 1. The second-order valence-electron chi connectivity index (χ2n) is 4.19. The molecule has 1 N–H and O–H groups in total. The lowest BCUT2D eigenvalue weighted by Gasteiger charge is -2.23. The van der Waals surface area contributed by atoms with Crippen molar-refractivity contribution in [3.63, 3.8) is 0 Å². The zero-order chi connectivity index (χ0) is 11.5. The van der Waals surface area contributed by atoms with Crippen LogP contribution in [0.5, 0.6) is 0 Å².